The van der Waals surface area contributed by atoms with E-state index in [0.717, 1.165) is 22.6 Å². The average Bonchev–Trinajstić information content (AvgIpc) is 2.61. The highest BCUT2D eigenvalue weighted by Crippen LogP contribution is 2.16. The Morgan fingerprint density at radius 3 is 2.74 bits per heavy atom. The van der Waals surface area contributed by atoms with Gasteiger partial charge in [-0.2, -0.15) is 5.10 Å². The summed E-state index contributed by atoms with van der Waals surface area (Å²) in [5, 5.41) is 16.5. The number of carboxylic acid groups (broad SMARTS) is 1. The number of rotatable bonds is 4. The van der Waals surface area contributed by atoms with Gasteiger partial charge in [-0.15, -0.1) is 0 Å². The van der Waals surface area contributed by atoms with Crippen molar-refractivity contribution in [2.24, 2.45) is 7.05 Å². The van der Waals surface area contributed by atoms with Crippen LogP contribution in [-0.2, 0) is 13.6 Å². The summed E-state index contributed by atoms with van der Waals surface area (Å²) in [6.07, 6.45) is 0. The van der Waals surface area contributed by atoms with Crippen molar-refractivity contribution in [3.05, 3.63) is 46.8 Å². The summed E-state index contributed by atoms with van der Waals surface area (Å²) < 4.78 is 1.85. The van der Waals surface area contributed by atoms with Crippen LogP contribution in [0.5, 0.6) is 0 Å². The highest BCUT2D eigenvalue weighted by Gasteiger charge is 2.09. The van der Waals surface area contributed by atoms with Crippen molar-refractivity contribution in [2.45, 2.75) is 20.4 Å². The average molecular weight is 259 g/mol. The molecule has 2 N–H and O–H groups in total. The van der Waals surface area contributed by atoms with Gasteiger partial charge in [-0.1, -0.05) is 6.07 Å². The van der Waals surface area contributed by atoms with Gasteiger partial charge in [0.25, 0.3) is 0 Å². The van der Waals surface area contributed by atoms with Gasteiger partial charge in [0.2, 0.25) is 0 Å². The zero-order chi connectivity index (χ0) is 14.0. The van der Waals surface area contributed by atoms with E-state index in [1.54, 1.807) is 18.2 Å². The molecule has 2 aromatic rings. The van der Waals surface area contributed by atoms with Crippen molar-refractivity contribution in [1.82, 2.24) is 9.78 Å². The van der Waals surface area contributed by atoms with Crippen LogP contribution in [0.3, 0.4) is 0 Å². The van der Waals surface area contributed by atoms with Gasteiger partial charge in [-0.3, -0.25) is 4.68 Å². The van der Waals surface area contributed by atoms with Gasteiger partial charge in [0.1, 0.15) is 0 Å². The Hall–Kier alpha value is -2.30. The number of carboxylic acids is 1. The van der Waals surface area contributed by atoms with Crippen LogP contribution in [0.2, 0.25) is 0 Å². The minimum absolute atomic E-state index is 0.282. The predicted molar refractivity (Wildman–Crippen MR) is 73.4 cm³/mol. The van der Waals surface area contributed by atoms with Gasteiger partial charge in [0.05, 0.1) is 11.3 Å². The minimum Gasteiger partial charge on any atom is -0.478 e. The Kier molecular flexibility index (Phi) is 3.55. The number of anilines is 1. The second-order valence-corrected chi connectivity index (χ2v) is 4.51. The lowest BCUT2D eigenvalue weighted by atomic mass is 10.1. The molecule has 2 rings (SSSR count). The fourth-order valence-corrected chi connectivity index (χ4v) is 2.03. The molecule has 0 aliphatic carbocycles. The van der Waals surface area contributed by atoms with Crippen LogP contribution in [0, 0.1) is 13.8 Å². The second kappa shape index (κ2) is 5.14. The third kappa shape index (κ3) is 2.76. The monoisotopic (exact) mass is 259 g/mol. The van der Waals surface area contributed by atoms with Crippen molar-refractivity contribution < 1.29 is 9.90 Å². The van der Waals surface area contributed by atoms with Crippen molar-refractivity contribution in [2.75, 3.05) is 5.32 Å². The second-order valence-electron chi connectivity index (χ2n) is 4.51. The van der Waals surface area contributed by atoms with E-state index in [0.29, 0.717) is 6.54 Å². The molecule has 1 aromatic heterocycles. The highest BCUT2D eigenvalue weighted by molar-refractivity contribution is 5.88. The minimum atomic E-state index is -0.919. The SMILES string of the molecule is Cc1nn(C)c(C)c1CNc1cccc(C(=O)O)c1. The Morgan fingerprint density at radius 1 is 1.42 bits per heavy atom. The Morgan fingerprint density at radius 2 is 2.16 bits per heavy atom. The molecule has 0 atom stereocenters. The number of aromatic nitrogens is 2. The molecule has 1 aromatic carbocycles. The van der Waals surface area contributed by atoms with Crippen molar-refractivity contribution in [3.8, 4) is 0 Å². The molecule has 100 valence electrons. The summed E-state index contributed by atoms with van der Waals surface area (Å²) in [5.74, 6) is -0.919. The largest absolute Gasteiger partial charge is 0.478 e. The number of hydrogen-bond acceptors (Lipinski definition) is 3. The van der Waals surface area contributed by atoms with Gasteiger partial charge < -0.3 is 10.4 Å². The number of carbonyl (C=O) groups is 1. The number of aromatic carboxylic acids is 1. The maximum atomic E-state index is 10.9. The lowest BCUT2D eigenvalue weighted by Crippen LogP contribution is -2.04. The molecule has 1 heterocycles. The van der Waals surface area contributed by atoms with Crippen LogP contribution in [0.4, 0.5) is 5.69 Å². The summed E-state index contributed by atoms with van der Waals surface area (Å²) in [6, 6.07) is 6.79. The van der Waals surface area contributed by atoms with Crippen LogP contribution in [0.1, 0.15) is 27.3 Å². The summed E-state index contributed by atoms with van der Waals surface area (Å²) in [4.78, 5) is 10.9. The quantitative estimate of drug-likeness (QED) is 0.884. The standard InChI is InChI=1S/C14H17N3O2/c1-9-13(10(2)17(3)16-9)8-15-12-6-4-5-11(7-12)14(18)19/h4-7,15H,8H2,1-3H3,(H,18,19). The summed E-state index contributed by atoms with van der Waals surface area (Å²) in [6.45, 7) is 4.62. The molecule has 0 aliphatic rings. The van der Waals surface area contributed by atoms with E-state index in [1.807, 2.05) is 31.6 Å². The first-order valence-electron chi connectivity index (χ1n) is 6.05. The zero-order valence-electron chi connectivity index (χ0n) is 11.3. The maximum Gasteiger partial charge on any atom is 0.335 e. The number of hydrogen-bond donors (Lipinski definition) is 2. The first-order chi connectivity index (χ1) is 8.99. The van der Waals surface area contributed by atoms with Crippen LogP contribution >= 0.6 is 0 Å². The first kappa shape index (κ1) is 13.1. The molecule has 0 unspecified atom stereocenters. The highest BCUT2D eigenvalue weighted by atomic mass is 16.4. The van der Waals surface area contributed by atoms with Crippen LogP contribution in [-0.4, -0.2) is 20.9 Å². The topological polar surface area (TPSA) is 67.2 Å². The lowest BCUT2D eigenvalue weighted by Gasteiger charge is -2.07. The van der Waals surface area contributed by atoms with Gasteiger partial charge in [0.15, 0.2) is 0 Å². The molecule has 0 spiro atoms. The van der Waals surface area contributed by atoms with Crippen LogP contribution in [0.25, 0.3) is 0 Å². The Bertz CT molecular complexity index is 617. The molecular weight excluding hydrogens is 242 g/mol. The van der Waals surface area contributed by atoms with Gasteiger partial charge in [-0.25, -0.2) is 4.79 Å². The molecule has 0 saturated carbocycles. The molecule has 0 fully saturated rings. The number of nitrogens with zero attached hydrogens (tertiary/aromatic N) is 2. The number of benzene rings is 1. The van der Waals surface area contributed by atoms with Gasteiger partial charge >= 0.3 is 5.97 Å². The molecule has 0 radical (unpaired) electrons. The lowest BCUT2D eigenvalue weighted by molar-refractivity contribution is 0.0697. The summed E-state index contributed by atoms with van der Waals surface area (Å²) in [7, 11) is 1.91. The van der Waals surface area contributed by atoms with Gasteiger partial charge in [-0.05, 0) is 32.0 Å². The zero-order valence-corrected chi connectivity index (χ0v) is 11.3. The smallest absolute Gasteiger partial charge is 0.335 e. The fraction of sp³-hybridized carbons (Fsp3) is 0.286. The Labute approximate surface area is 111 Å². The number of aryl methyl sites for hydroxylation is 2. The molecule has 5 nitrogen and oxygen atoms in total. The van der Waals surface area contributed by atoms with E-state index in [9.17, 15) is 4.79 Å². The van der Waals surface area contributed by atoms with E-state index >= 15 is 0 Å². The van der Waals surface area contributed by atoms with Gasteiger partial charge in [0, 0.05) is 30.5 Å². The van der Waals surface area contributed by atoms with Crippen molar-refractivity contribution in [3.63, 3.8) is 0 Å². The normalized spacial score (nSPS) is 10.5. The maximum absolute atomic E-state index is 10.9. The third-order valence-corrected chi connectivity index (χ3v) is 3.24. The molecule has 19 heavy (non-hydrogen) atoms. The first-order valence-corrected chi connectivity index (χ1v) is 6.05. The van der Waals surface area contributed by atoms with E-state index in [4.69, 9.17) is 5.11 Å². The molecule has 0 bridgehead atoms. The Balaban J connectivity index is 2.14. The summed E-state index contributed by atoms with van der Waals surface area (Å²) >= 11 is 0. The van der Waals surface area contributed by atoms with E-state index < -0.39 is 5.97 Å². The van der Waals surface area contributed by atoms with Crippen molar-refractivity contribution >= 4 is 11.7 Å². The fourth-order valence-electron chi connectivity index (χ4n) is 2.03. The molecule has 0 aliphatic heterocycles. The number of nitrogens with one attached hydrogen (secondary N) is 1. The molecule has 0 saturated heterocycles. The van der Waals surface area contributed by atoms with Crippen molar-refractivity contribution in [1.29, 1.82) is 0 Å². The van der Waals surface area contributed by atoms with Crippen LogP contribution < -0.4 is 5.32 Å². The van der Waals surface area contributed by atoms with Crippen LogP contribution in [0.15, 0.2) is 24.3 Å². The predicted octanol–water partition coefficient (Wildman–Crippen LogP) is 2.35. The van der Waals surface area contributed by atoms with E-state index in [1.165, 1.54) is 0 Å². The molecular formula is C14H17N3O2. The molecule has 0 amide bonds. The van der Waals surface area contributed by atoms with E-state index in [2.05, 4.69) is 10.4 Å². The third-order valence-electron chi connectivity index (χ3n) is 3.24. The van der Waals surface area contributed by atoms with E-state index in [-0.39, 0.29) is 5.56 Å². The summed E-state index contributed by atoms with van der Waals surface area (Å²) in [5.41, 5.74) is 4.32. The molecule has 5 heteroatoms.